The SMILES string of the molecule is O=C(CCCCCCCS)NCCCC#Cc1cn([C@H]2C[C@H](O)[C@@H](CO)O2)c(=O)[nH]c1=O. The Kier molecular flexibility index (Phi) is 11.6. The molecule has 0 aromatic carbocycles. The largest absolute Gasteiger partial charge is 0.394 e. The highest BCUT2D eigenvalue weighted by Crippen LogP contribution is 2.27. The van der Waals surface area contributed by atoms with E-state index in [0.29, 0.717) is 25.8 Å². The van der Waals surface area contributed by atoms with Gasteiger partial charge >= 0.3 is 5.69 Å². The number of aliphatic hydroxyl groups is 2. The van der Waals surface area contributed by atoms with Gasteiger partial charge in [0.05, 0.1) is 12.7 Å². The van der Waals surface area contributed by atoms with Crippen molar-refractivity contribution in [3.63, 3.8) is 0 Å². The topological polar surface area (TPSA) is 134 Å². The molecule has 0 aliphatic carbocycles. The highest BCUT2D eigenvalue weighted by atomic mass is 32.1. The van der Waals surface area contributed by atoms with Crippen molar-refractivity contribution in [3.8, 4) is 11.8 Å². The fraction of sp³-hybridized carbons (Fsp3) is 0.682. The van der Waals surface area contributed by atoms with E-state index in [1.165, 1.54) is 10.8 Å². The first kappa shape index (κ1) is 26.2. The van der Waals surface area contributed by atoms with Crippen molar-refractivity contribution in [2.24, 2.45) is 0 Å². The molecule has 1 amide bonds. The number of aromatic nitrogens is 2. The van der Waals surface area contributed by atoms with Crippen LogP contribution in [0.5, 0.6) is 0 Å². The number of rotatable bonds is 12. The first-order chi connectivity index (χ1) is 15.5. The Balaban J connectivity index is 1.76. The van der Waals surface area contributed by atoms with Crippen molar-refractivity contribution in [1.29, 1.82) is 0 Å². The van der Waals surface area contributed by atoms with Crippen molar-refractivity contribution in [2.75, 3.05) is 18.9 Å². The maximum Gasteiger partial charge on any atom is 0.330 e. The second-order valence-corrected chi connectivity index (χ2v) is 8.27. The number of carbonyl (C=O) groups excluding carboxylic acids is 1. The van der Waals surface area contributed by atoms with Gasteiger partial charge in [-0.2, -0.15) is 12.6 Å². The molecule has 0 radical (unpaired) electrons. The lowest BCUT2D eigenvalue weighted by Crippen LogP contribution is -2.33. The summed E-state index contributed by atoms with van der Waals surface area (Å²) in [6, 6.07) is 0. The highest BCUT2D eigenvalue weighted by molar-refractivity contribution is 7.80. The van der Waals surface area contributed by atoms with Crippen LogP contribution in [0.15, 0.2) is 15.8 Å². The van der Waals surface area contributed by atoms with E-state index in [1.807, 2.05) is 0 Å². The number of amides is 1. The molecule has 1 aromatic heterocycles. The number of hydrogen-bond donors (Lipinski definition) is 5. The quantitative estimate of drug-likeness (QED) is 0.175. The van der Waals surface area contributed by atoms with Gasteiger partial charge in [-0.05, 0) is 25.0 Å². The van der Waals surface area contributed by atoms with Crippen molar-refractivity contribution in [1.82, 2.24) is 14.9 Å². The van der Waals surface area contributed by atoms with E-state index in [2.05, 4.69) is 34.8 Å². The average Bonchev–Trinajstić information content (AvgIpc) is 3.14. The Labute approximate surface area is 193 Å². The van der Waals surface area contributed by atoms with Gasteiger partial charge in [0.25, 0.3) is 5.56 Å². The number of nitrogens with one attached hydrogen (secondary N) is 2. The molecule has 1 aliphatic heterocycles. The molecule has 1 aromatic rings. The Morgan fingerprint density at radius 1 is 1.25 bits per heavy atom. The van der Waals surface area contributed by atoms with E-state index in [0.717, 1.165) is 37.9 Å². The number of nitrogens with zero attached hydrogens (tertiary/aromatic N) is 1. The summed E-state index contributed by atoms with van der Waals surface area (Å²) in [7, 11) is 0. The molecule has 10 heteroatoms. The molecule has 1 fully saturated rings. The van der Waals surface area contributed by atoms with Crippen LogP contribution in [-0.2, 0) is 9.53 Å². The molecular weight excluding hydrogens is 434 g/mol. The van der Waals surface area contributed by atoms with Crippen molar-refractivity contribution >= 4 is 18.5 Å². The summed E-state index contributed by atoms with van der Waals surface area (Å²) in [4.78, 5) is 38.1. The van der Waals surface area contributed by atoms with Crippen LogP contribution in [0.3, 0.4) is 0 Å². The number of thiol groups is 1. The van der Waals surface area contributed by atoms with Gasteiger partial charge in [-0.15, -0.1) is 0 Å². The van der Waals surface area contributed by atoms with Crippen LogP contribution in [0.25, 0.3) is 0 Å². The lowest BCUT2D eigenvalue weighted by molar-refractivity contribution is -0.121. The molecule has 0 spiro atoms. The number of aliphatic hydroxyl groups excluding tert-OH is 2. The van der Waals surface area contributed by atoms with E-state index in [1.54, 1.807) is 0 Å². The van der Waals surface area contributed by atoms with Gasteiger partial charge in [0.2, 0.25) is 5.91 Å². The van der Waals surface area contributed by atoms with Gasteiger partial charge < -0.3 is 20.3 Å². The smallest absolute Gasteiger partial charge is 0.330 e. The minimum absolute atomic E-state index is 0.0376. The van der Waals surface area contributed by atoms with E-state index < -0.39 is 29.7 Å². The number of H-pyrrole nitrogens is 1. The molecule has 0 saturated carbocycles. The van der Waals surface area contributed by atoms with Gasteiger partial charge in [-0.3, -0.25) is 19.1 Å². The lowest BCUT2D eigenvalue weighted by atomic mass is 10.1. The molecular formula is C22H33N3O6S. The van der Waals surface area contributed by atoms with Crippen molar-refractivity contribution < 1.29 is 19.7 Å². The third kappa shape index (κ3) is 8.47. The van der Waals surface area contributed by atoms with E-state index >= 15 is 0 Å². The fourth-order valence-electron chi connectivity index (χ4n) is 3.42. The van der Waals surface area contributed by atoms with E-state index in [4.69, 9.17) is 4.74 Å². The molecule has 32 heavy (non-hydrogen) atoms. The molecule has 9 nitrogen and oxygen atoms in total. The Bertz CT molecular complexity index is 903. The van der Waals surface area contributed by atoms with Gasteiger partial charge in [0, 0.05) is 32.0 Å². The predicted molar refractivity (Wildman–Crippen MR) is 124 cm³/mol. The van der Waals surface area contributed by atoms with Crippen molar-refractivity contribution in [2.45, 2.75) is 76.2 Å². The molecule has 1 saturated heterocycles. The van der Waals surface area contributed by atoms with Crippen molar-refractivity contribution in [3.05, 3.63) is 32.6 Å². The molecule has 178 valence electrons. The summed E-state index contributed by atoms with van der Waals surface area (Å²) in [6.45, 7) is 0.148. The number of aromatic amines is 1. The summed E-state index contributed by atoms with van der Waals surface area (Å²) in [5, 5.41) is 21.9. The van der Waals surface area contributed by atoms with Crippen LogP contribution >= 0.6 is 12.6 Å². The molecule has 1 aliphatic rings. The van der Waals surface area contributed by atoms with Crippen LogP contribution in [0.4, 0.5) is 0 Å². The van der Waals surface area contributed by atoms with Crippen LogP contribution in [0, 0.1) is 11.8 Å². The minimum Gasteiger partial charge on any atom is -0.394 e. The van der Waals surface area contributed by atoms with Gasteiger partial charge in [0.1, 0.15) is 17.9 Å². The third-order valence-electron chi connectivity index (χ3n) is 5.25. The average molecular weight is 468 g/mol. The summed E-state index contributed by atoms with van der Waals surface area (Å²) in [6.07, 6.45) is 5.97. The molecule has 2 heterocycles. The lowest BCUT2D eigenvalue weighted by Gasteiger charge is -2.14. The van der Waals surface area contributed by atoms with E-state index in [-0.39, 0.29) is 24.5 Å². The normalized spacial score (nSPS) is 20.0. The van der Waals surface area contributed by atoms with Crippen LogP contribution in [0.1, 0.15) is 69.6 Å². The van der Waals surface area contributed by atoms with Gasteiger partial charge in [0.15, 0.2) is 0 Å². The Hall–Kier alpha value is -2.06. The summed E-state index contributed by atoms with van der Waals surface area (Å²) < 4.78 is 6.64. The third-order valence-corrected chi connectivity index (χ3v) is 5.56. The number of ether oxygens (including phenoxy) is 1. The molecule has 0 bridgehead atoms. The number of hydrogen-bond acceptors (Lipinski definition) is 7. The molecule has 2 rings (SSSR count). The maximum absolute atomic E-state index is 12.1. The first-order valence-corrected chi connectivity index (χ1v) is 11.8. The maximum atomic E-state index is 12.1. The highest BCUT2D eigenvalue weighted by Gasteiger charge is 2.35. The van der Waals surface area contributed by atoms with E-state index in [9.17, 15) is 24.6 Å². The van der Waals surface area contributed by atoms with Crippen LogP contribution in [-0.4, -0.2) is 56.8 Å². The van der Waals surface area contributed by atoms with Gasteiger partial charge in [-0.1, -0.05) is 31.1 Å². The zero-order chi connectivity index (χ0) is 23.3. The second kappa shape index (κ2) is 14.2. The summed E-state index contributed by atoms with van der Waals surface area (Å²) in [5.41, 5.74) is -1.16. The zero-order valence-corrected chi connectivity index (χ0v) is 19.1. The Morgan fingerprint density at radius 3 is 2.72 bits per heavy atom. The standard InChI is InChI=1S/C22H33N3O6S/c26-15-18-17(27)13-20(31-18)25-14-16(21(29)24-22(25)30)9-5-4-7-11-23-19(28)10-6-2-1-3-8-12-32/h14,17-18,20,26-27,32H,1-4,6-8,10-13,15H2,(H,23,28)(H,24,29,30)/t17-,18+,20+/m0/s1. The number of unbranched alkanes of at least 4 members (excludes halogenated alkanes) is 5. The fourth-order valence-corrected chi connectivity index (χ4v) is 3.64. The van der Waals surface area contributed by atoms with Gasteiger partial charge in [-0.25, -0.2) is 4.79 Å². The number of carbonyl (C=O) groups is 1. The molecule has 4 N–H and O–H groups in total. The molecule has 0 unspecified atom stereocenters. The molecule has 3 atom stereocenters. The van der Waals surface area contributed by atoms with Crippen LogP contribution < -0.4 is 16.6 Å². The first-order valence-electron chi connectivity index (χ1n) is 11.1. The monoisotopic (exact) mass is 467 g/mol. The minimum atomic E-state index is -0.897. The zero-order valence-electron chi connectivity index (χ0n) is 18.2. The second-order valence-electron chi connectivity index (χ2n) is 7.82. The summed E-state index contributed by atoms with van der Waals surface area (Å²) in [5.74, 6) is 6.58. The van der Waals surface area contributed by atoms with Crippen LogP contribution in [0.2, 0.25) is 0 Å². The Morgan fingerprint density at radius 2 is 2.00 bits per heavy atom. The predicted octanol–water partition coefficient (Wildman–Crippen LogP) is 0.696. The summed E-state index contributed by atoms with van der Waals surface area (Å²) >= 11 is 4.18.